The quantitative estimate of drug-likeness (QED) is 0.588. The molecule has 6 nitrogen and oxygen atoms in total. The number of aliphatic hydroxyl groups is 1. The van der Waals surface area contributed by atoms with E-state index >= 15 is 0 Å². The summed E-state index contributed by atoms with van der Waals surface area (Å²) < 4.78 is 4.46. The molecule has 20 heavy (non-hydrogen) atoms. The van der Waals surface area contributed by atoms with Crippen LogP contribution in [-0.2, 0) is 9.53 Å². The maximum absolute atomic E-state index is 11.7. The lowest BCUT2D eigenvalue weighted by molar-refractivity contribution is -0.140. The highest BCUT2D eigenvalue weighted by Crippen LogP contribution is 1.99. The summed E-state index contributed by atoms with van der Waals surface area (Å²) in [7, 11) is 1.29. The molecule has 1 amide bonds. The molecule has 0 fully saturated rings. The second-order valence-electron chi connectivity index (χ2n) is 3.79. The summed E-state index contributed by atoms with van der Waals surface area (Å²) >= 11 is 0. The molecular formula is C14H16N2O4. The van der Waals surface area contributed by atoms with Gasteiger partial charge in [0.25, 0.3) is 5.91 Å². The van der Waals surface area contributed by atoms with Crippen molar-refractivity contribution in [1.29, 1.82) is 0 Å². The van der Waals surface area contributed by atoms with Gasteiger partial charge in [-0.2, -0.15) is 0 Å². The number of aliphatic hydroxyl groups excluding tert-OH is 1. The fourth-order valence-electron chi connectivity index (χ4n) is 1.29. The summed E-state index contributed by atoms with van der Waals surface area (Å²) in [5.41, 5.74) is 0.923. The topological polar surface area (TPSA) is 88.5 Å². The van der Waals surface area contributed by atoms with Gasteiger partial charge in [-0.3, -0.25) is 9.59 Å². The molecule has 0 aliphatic rings. The van der Waals surface area contributed by atoms with Crippen LogP contribution in [0.2, 0.25) is 0 Å². The molecule has 0 unspecified atom stereocenters. The van der Waals surface area contributed by atoms with Gasteiger partial charge in [0, 0.05) is 24.7 Å². The molecule has 106 valence electrons. The Hall–Kier alpha value is -2.39. The number of aromatic nitrogens is 1. The molecule has 1 aromatic heterocycles. The lowest BCUT2D eigenvalue weighted by atomic mass is 10.2. The first-order valence-corrected chi connectivity index (χ1v) is 6.08. The van der Waals surface area contributed by atoms with Crippen LogP contribution in [-0.4, -0.2) is 42.2 Å². The maximum atomic E-state index is 11.7. The lowest BCUT2D eigenvalue weighted by Gasteiger charge is -2.03. The Balaban J connectivity index is 2.49. The van der Waals surface area contributed by atoms with Crippen molar-refractivity contribution in [2.75, 3.05) is 20.3 Å². The van der Waals surface area contributed by atoms with Crippen LogP contribution in [0.15, 0.2) is 18.3 Å². The van der Waals surface area contributed by atoms with E-state index in [1.807, 2.05) is 0 Å². The van der Waals surface area contributed by atoms with Gasteiger partial charge in [-0.05, 0) is 12.1 Å². The summed E-state index contributed by atoms with van der Waals surface area (Å²) in [6, 6.07) is 3.23. The Bertz CT molecular complexity index is 514. The molecule has 1 rings (SSSR count). The summed E-state index contributed by atoms with van der Waals surface area (Å²) in [5.74, 6) is 4.83. The molecule has 0 radical (unpaired) electrons. The summed E-state index contributed by atoms with van der Waals surface area (Å²) in [5, 5.41) is 11.2. The van der Waals surface area contributed by atoms with Gasteiger partial charge in [-0.25, -0.2) is 4.98 Å². The van der Waals surface area contributed by atoms with Crippen molar-refractivity contribution in [2.45, 2.75) is 12.8 Å². The number of amides is 1. The van der Waals surface area contributed by atoms with Crippen molar-refractivity contribution in [2.24, 2.45) is 0 Å². The number of ether oxygens (including phenoxy) is 1. The predicted octanol–water partition coefficient (Wildman–Crippen LogP) is 0.108. The van der Waals surface area contributed by atoms with Gasteiger partial charge in [0.1, 0.15) is 5.69 Å². The minimum atomic E-state index is -0.382. The predicted molar refractivity (Wildman–Crippen MR) is 71.8 cm³/mol. The molecule has 2 N–H and O–H groups in total. The molecule has 0 aliphatic carbocycles. The Kier molecular flexibility index (Phi) is 6.79. The van der Waals surface area contributed by atoms with E-state index in [0.29, 0.717) is 12.0 Å². The van der Waals surface area contributed by atoms with Crippen LogP contribution < -0.4 is 5.32 Å². The van der Waals surface area contributed by atoms with Crippen molar-refractivity contribution in [3.8, 4) is 11.8 Å². The van der Waals surface area contributed by atoms with Gasteiger partial charge in [-0.15, -0.1) is 0 Å². The molecule has 0 saturated carbocycles. The largest absolute Gasteiger partial charge is 0.469 e. The number of esters is 1. The molecule has 0 aliphatic heterocycles. The van der Waals surface area contributed by atoms with Gasteiger partial charge < -0.3 is 15.2 Å². The van der Waals surface area contributed by atoms with Gasteiger partial charge in [0.15, 0.2) is 0 Å². The average molecular weight is 276 g/mol. The molecular weight excluding hydrogens is 260 g/mol. The lowest BCUT2D eigenvalue weighted by Crippen LogP contribution is -2.27. The van der Waals surface area contributed by atoms with Crippen LogP contribution >= 0.6 is 0 Å². The number of methoxy groups -OCH3 is 1. The number of nitrogens with one attached hydrogen (secondary N) is 1. The van der Waals surface area contributed by atoms with Gasteiger partial charge in [0.05, 0.1) is 20.1 Å². The van der Waals surface area contributed by atoms with E-state index < -0.39 is 0 Å². The Labute approximate surface area is 117 Å². The van der Waals surface area contributed by atoms with E-state index in [0.717, 1.165) is 0 Å². The van der Waals surface area contributed by atoms with E-state index in [-0.39, 0.29) is 37.1 Å². The molecule has 0 aromatic carbocycles. The smallest absolute Gasteiger partial charge is 0.307 e. The van der Waals surface area contributed by atoms with Crippen molar-refractivity contribution in [3.63, 3.8) is 0 Å². The Morgan fingerprint density at radius 3 is 2.85 bits per heavy atom. The van der Waals surface area contributed by atoms with E-state index in [9.17, 15) is 9.59 Å². The second-order valence-corrected chi connectivity index (χ2v) is 3.79. The van der Waals surface area contributed by atoms with Crippen LogP contribution in [0.5, 0.6) is 0 Å². The fraction of sp³-hybridized carbons (Fsp3) is 0.357. The van der Waals surface area contributed by atoms with Gasteiger partial charge >= 0.3 is 5.97 Å². The van der Waals surface area contributed by atoms with E-state index in [4.69, 9.17) is 5.11 Å². The number of hydrogen-bond acceptors (Lipinski definition) is 5. The summed E-state index contributed by atoms with van der Waals surface area (Å²) in [4.78, 5) is 26.6. The van der Waals surface area contributed by atoms with Crippen molar-refractivity contribution < 1.29 is 19.4 Å². The van der Waals surface area contributed by atoms with Crippen molar-refractivity contribution in [3.05, 3.63) is 29.6 Å². The first kappa shape index (κ1) is 15.7. The first-order chi connectivity index (χ1) is 9.67. The van der Waals surface area contributed by atoms with Crippen LogP contribution in [0.4, 0.5) is 0 Å². The van der Waals surface area contributed by atoms with Crippen LogP contribution in [0.1, 0.15) is 28.9 Å². The number of carbonyl (C=O) groups excluding carboxylic acids is 2. The molecule has 0 saturated heterocycles. The Morgan fingerprint density at radius 2 is 2.25 bits per heavy atom. The molecule has 6 heteroatoms. The highest BCUT2D eigenvalue weighted by atomic mass is 16.5. The minimum absolute atomic E-state index is 0.0150. The molecule has 0 spiro atoms. The fourth-order valence-corrected chi connectivity index (χ4v) is 1.29. The van der Waals surface area contributed by atoms with E-state index in [2.05, 4.69) is 26.9 Å². The average Bonchev–Trinajstić information content (AvgIpc) is 2.48. The first-order valence-electron chi connectivity index (χ1n) is 6.08. The third-order valence-electron chi connectivity index (χ3n) is 2.31. The number of hydrogen-bond donors (Lipinski definition) is 2. The SMILES string of the molecule is COC(=O)CCNC(=O)c1ccc(C#CCCO)cn1. The van der Waals surface area contributed by atoms with Crippen LogP contribution in [0.3, 0.4) is 0 Å². The monoisotopic (exact) mass is 276 g/mol. The summed E-state index contributed by atoms with van der Waals surface area (Å²) in [6.07, 6.45) is 2.00. The van der Waals surface area contributed by atoms with Crippen LogP contribution in [0, 0.1) is 11.8 Å². The minimum Gasteiger partial charge on any atom is -0.469 e. The van der Waals surface area contributed by atoms with Crippen molar-refractivity contribution in [1.82, 2.24) is 10.3 Å². The zero-order chi connectivity index (χ0) is 14.8. The van der Waals surface area contributed by atoms with Gasteiger partial charge in [0.2, 0.25) is 0 Å². The number of carbonyl (C=O) groups is 2. The van der Waals surface area contributed by atoms with Crippen LogP contribution in [0.25, 0.3) is 0 Å². The normalized spacial score (nSPS) is 9.30. The zero-order valence-corrected chi connectivity index (χ0v) is 11.2. The Morgan fingerprint density at radius 1 is 1.45 bits per heavy atom. The number of rotatable bonds is 5. The standard InChI is InChI=1S/C14H16N2O4/c1-20-13(18)7-8-15-14(19)12-6-5-11(10-16-12)4-2-3-9-17/h5-6,10,17H,3,7-9H2,1H3,(H,15,19). The van der Waals surface area contributed by atoms with E-state index in [1.54, 1.807) is 12.1 Å². The number of pyridine rings is 1. The highest BCUT2D eigenvalue weighted by Gasteiger charge is 2.07. The maximum Gasteiger partial charge on any atom is 0.307 e. The number of nitrogens with zero attached hydrogens (tertiary/aromatic N) is 1. The zero-order valence-electron chi connectivity index (χ0n) is 11.2. The second kappa shape index (κ2) is 8.67. The van der Waals surface area contributed by atoms with Crippen molar-refractivity contribution >= 4 is 11.9 Å². The molecule has 0 atom stereocenters. The third-order valence-corrected chi connectivity index (χ3v) is 2.31. The molecule has 0 bridgehead atoms. The third kappa shape index (κ3) is 5.50. The molecule has 1 aromatic rings. The van der Waals surface area contributed by atoms with E-state index in [1.165, 1.54) is 13.3 Å². The summed E-state index contributed by atoms with van der Waals surface area (Å²) in [6.45, 7) is 0.215. The highest BCUT2D eigenvalue weighted by molar-refractivity contribution is 5.92. The van der Waals surface area contributed by atoms with Gasteiger partial charge in [-0.1, -0.05) is 11.8 Å². The molecule has 1 heterocycles.